The van der Waals surface area contributed by atoms with Gasteiger partial charge in [-0.1, -0.05) is 40.2 Å². The molecule has 0 spiro atoms. The SMILES string of the molecule is CC(C)C1=C2CCC3C(=C2C(C)C=C1O)CCCC3(C)C. The van der Waals surface area contributed by atoms with Crippen LogP contribution in [0, 0.1) is 23.2 Å². The van der Waals surface area contributed by atoms with E-state index < -0.39 is 0 Å². The highest BCUT2D eigenvalue weighted by atomic mass is 16.3. The van der Waals surface area contributed by atoms with Gasteiger partial charge in [0, 0.05) is 5.92 Å². The predicted molar refractivity (Wildman–Crippen MR) is 89.1 cm³/mol. The van der Waals surface area contributed by atoms with Crippen LogP contribution in [0.15, 0.2) is 34.1 Å². The molecule has 3 rings (SSSR count). The van der Waals surface area contributed by atoms with Crippen molar-refractivity contribution in [3.05, 3.63) is 34.1 Å². The molecule has 1 fully saturated rings. The molecule has 21 heavy (non-hydrogen) atoms. The third-order valence-corrected chi connectivity index (χ3v) is 6.03. The largest absolute Gasteiger partial charge is 0.508 e. The highest BCUT2D eigenvalue weighted by Gasteiger charge is 2.41. The molecule has 0 saturated heterocycles. The van der Waals surface area contributed by atoms with Gasteiger partial charge in [-0.25, -0.2) is 0 Å². The molecule has 1 nitrogen and oxygen atoms in total. The lowest BCUT2D eigenvalue weighted by molar-refractivity contribution is 0.172. The van der Waals surface area contributed by atoms with Crippen LogP contribution in [0.3, 0.4) is 0 Å². The Balaban J connectivity index is 2.17. The van der Waals surface area contributed by atoms with Crippen LogP contribution in [-0.4, -0.2) is 5.11 Å². The maximum Gasteiger partial charge on any atom is 0.115 e. The van der Waals surface area contributed by atoms with Gasteiger partial charge in [-0.05, 0) is 72.2 Å². The molecule has 0 heterocycles. The molecule has 116 valence electrons. The minimum absolute atomic E-state index is 0.384. The molecule has 0 aromatic heterocycles. The second kappa shape index (κ2) is 5.04. The Morgan fingerprint density at radius 2 is 1.95 bits per heavy atom. The van der Waals surface area contributed by atoms with Crippen molar-refractivity contribution in [2.24, 2.45) is 23.2 Å². The average Bonchev–Trinajstić information content (AvgIpc) is 2.36. The van der Waals surface area contributed by atoms with Gasteiger partial charge in [0.15, 0.2) is 0 Å². The van der Waals surface area contributed by atoms with E-state index in [9.17, 15) is 5.11 Å². The minimum atomic E-state index is 0.384. The molecular weight excluding hydrogens is 256 g/mol. The fourth-order valence-electron chi connectivity index (χ4n) is 5.11. The molecule has 0 aliphatic heterocycles. The van der Waals surface area contributed by atoms with E-state index in [-0.39, 0.29) is 0 Å². The van der Waals surface area contributed by atoms with Crippen molar-refractivity contribution in [3.8, 4) is 0 Å². The quantitative estimate of drug-likeness (QED) is 0.631. The molecule has 2 atom stereocenters. The molecule has 1 N–H and O–H groups in total. The van der Waals surface area contributed by atoms with Crippen molar-refractivity contribution in [1.29, 1.82) is 0 Å². The van der Waals surface area contributed by atoms with Crippen molar-refractivity contribution in [3.63, 3.8) is 0 Å². The zero-order chi connectivity index (χ0) is 15.4. The summed E-state index contributed by atoms with van der Waals surface area (Å²) in [5.41, 5.74) is 6.48. The zero-order valence-electron chi connectivity index (χ0n) is 14.3. The first kappa shape index (κ1) is 14.9. The molecule has 1 heteroatoms. The average molecular weight is 286 g/mol. The molecule has 3 aliphatic rings. The van der Waals surface area contributed by atoms with Crippen LogP contribution < -0.4 is 0 Å². The second-order valence-electron chi connectivity index (χ2n) is 8.26. The Labute approximate surface area is 129 Å². The van der Waals surface area contributed by atoms with E-state index in [0.717, 1.165) is 12.3 Å². The van der Waals surface area contributed by atoms with E-state index in [4.69, 9.17) is 0 Å². The summed E-state index contributed by atoms with van der Waals surface area (Å²) in [5, 5.41) is 10.4. The highest BCUT2D eigenvalue weighted by Crippen LogP contribution is 2.54. The smallest absolute Gasteiger partial charge is 0.115 e. The fourth-order valence-corrected chi connectivity index (χ4v) is 5.11. The van der Waals surface area contributed by atoms with Crippen LogP contribution in [0.2, 0.25) is 0 Å². The molecule has 0 radical (unpaired) electrons. The number of aliphatic hydroxyl groups excluding tert-OH is 1. The van der Waals surface area contributed by atoms with Crippen LogP contribution >= 0.6 is 0 Å². The lowest BCUT2D eigenvalue weighted by Crippen LogP contribution is -2.34. The van der Waals surface area contributed by atoms with Gasteiger partial charge in [0.1, 0.15) is 5.76 Å². The molecule has 0 aromatic carbocycles. The maximum absolute atomic E-state index is 10.4. The van der Waals surface area contributed by atoms with Gasteiger partial charge >= 0.3 is 0 Å². The predicted octanol–water partition coefficient (Wildman–Crippen LogP) is 5.95. The summed E-state index contributed by atoms with van der Waals surface area (Å²) in [6.45, 7) is 11.6. The molecule has 0 bridgehead atoms. The molecular formula is C20H30O. The third kappa shape index (κ3) is 2.29. The topological polar surface area (TPSA) is 20.2 Å². The maximum atomic E-state index is 10.4. The Hall–Kier alpha value is -0.980. The van der Waals surface area contributed by atoms with Crippen molar-refractivity contribution in [2.75, 3.05) is 0 Å². The summed E-state index contributed by atoms with van der Waals surface area (Å²) < 4.78 is 0. The van der Waals surface area contributed by atoms with E-state index in [1.54, 1.807) is 11.1 Å². The second-order valence-corrected chi connectivity index (χ2v) is 8.26. The monoisotopic (exact) mass is 286 g/mol. The fraction of sp³-hybridized carbons (Fsp3) is 0.700. The first-order chi connectivity index (χ1) is 9.83. The van der Waals surface area contributed by atoms with Gasteiger partial charge in [-0.15, -0.1) is 0 Å². The first-order valence-corrected chi connectivity index (χ1v) is 8.70. The summed E-state index contributed by atoms with van der Waals surface area (Å²) in [6, 6.07) is 0. The summed E-state index contributed by atoms with van der Waals surface area (Å²) in [5.74, 6) is 2.10. The van der Waals surface area contributed by atoms with E-state index in [1.165, 1.54) is 36.8 Å². The van der Waals surface area contributed by atoms with Crippen LogP contribution in [-0.2, 0) is 0 Å². The molecule has 3 aliphatic carbocycles. The number of allylic oxidation sites excluding steroid dienone is 5. The van der Waals surface area contributed by atoms with Crippen molar-refractivity contribution >= 4 is 0 Å². The number of fused-ring (bicyclic) bond motifs is 2. The lowest BCUT2D eigenvalue weighted by atomic mass is 9.58. The van der Waals surface area contributed by atoms with Crippen LogP contribution in [0.25, 0.3) is 0 Å². The minimum Gasteiger partial charge on any atom is -0.508 e. The summed E-state index contributed by atoms with van der Waals surface area (Å²) in [6.07, 6.45) is 8.48. The van der Waals surface area contributed by atoms with Gasteiger partial charge in [-0.3, -0.25) is 0 Å². The summed E-state index contributed by atoms with van der Waals surface area (Å²) in [4.78, 5) is 0. The molecule has 0 aromatic rings. The number of hydrogen-bond acceptors (Lipinski definition) is 1. The Morgan fingerprint density at radius 1 is 1.24 bits per heavy atom. The third-order valence-electron chi connectivity index (χ3n) is 6.03. The Morgan fingerprint density at radius 3 is 2.62 bits per heavy atom. The van der Waals surface area contributed by atoms with E-state index in [0.29, 0.717) is 23.0 Å². The molecule has 1 saturated carbocycles. The van der Waals surface area contributed by atoms with Gasteiger partial charge in [0.25, 0.3) is 0 Å². The van der Waals surface area contributed by atoms with Gasteiger partial charge in [-0.2, -0.15) is 0 Å². The van der Waals surface area contributed by atoms with Gasteiger partial charge in [0.2, 0.25) is 0 Å². The summed E-state index contributed by atoms with van der Waals surface area (Å²) in [7, 11) is 0. The zero-order valence-corrected chi connectivity index (χ0v) is 14.3. The standard InChI is InChI=1S/C20H30O/c1-12(2)18-15-8-9-16-14(7-6-10-20(16,4)5)19(15)13(3)11-17(18)21/h11-13,16,21H,6-10H2,1-5H3. The first-order valence-electron chi connectivity index (χ1n) is 8.70. The number of aliphatic hydroxyl groups is 1. The highest BCUT2D eigenvalue weighted by molar-refractivity contribution is 5.54. The van der Waals surface area contributed by atoms with Crippen LogP contribution in [0.4, 0.5) is 0 Å². The Bertz CT molecular complexity index is 542. The van der Waals surface area contributed by atoms with Crippen LogP contribution in [0.1, 0.15) is 66.7 Å². The number of rotatable bonds is 1. The normalized spacial score (nSPS) is 32.0. The molecule has 0 amide bonds. The summed E-state index contributed by atoms with van der Waals surface area (Å²) >= 11 is 0. The van der Waals surface area contributed by atoms with Crippen molar-refractivity contribution < 1.29 is 5.11 Å². The van der Waals surface area contributed by atoms with Gasteiger partial charge in [0.05, 0.1) is 0 Å². The number of hydrogen-bond donors (Lipinski definition) is 1. The van der Waals surface area contributed by atoms with E-state index in [1.807, 2.05) is 0 Å². The van der Waals surface area contributed by atoms with E-state index >= 15 is 0 Å². The van der Waals surface area contributed by atoms with E-state index in [2.05, 4.69) is 40.7 Å². The van der Waals surface area contributed by atoms with Crippen molar-refractivity contribution in [2.45, 2.75) is 66.7 Å². The Kier molecular flexibility index (Phi) is 3.58. The molecule has 2 unspecified atom stereocenters. The van der Waals surface area contributed by atoms with Gasteiger partial charge < -0.3 is 5.11 Å². The van der Waals surface area contributed by atoms with Crippen molar-refractivity contribution in [1.82, 2.24) is 0 Å². The lowest BCUT2D eigenvalue weighted by Gasteiger charge is -2.47. The van der Waals surface area contributed by atoms with Crippen LogP contribution in [0.5, 0.6) is 0 Å².